The van der Waals surface area contributed by atoms with Crippen LogP contribution in [0, 0.1) is 11.8 Å². The van der Waals surface area contributed by atoms with Crippen molar-refractivity contribution in [2.45, 2.75) is 26.7 Å². The molecule has 0 saturated heterocycles. The lowest BCUT2D eigenvalue weighted by atomic mass is 9.91. The normalized spacial score (nSPS) is 12.4. The van der Waals surface area contributed by atoms with Gasteiger partial charge in [-0.25, -0.2) is 0 Å². The SMILES string of the molecule is CC(C)CC(CC(=O)c1ccc(Br)cc1)C(=O)O. The standard InChI is InChI=1S/C14H17BrO3/c1-9(2)7-11(14(17)18)8-13(16)10-3-5-12(15)6-4-10/h3-6,9,11H,7-8H2,1-2H3,(H,17,18). The third kappa shape index (κ3) is 4.61. The molecule has 0 amide bonds. The van der Waals surface area contributed by atoms with Gasteiger partial charge in [-0.3, -0.25) is 9.59 Å². The number of rotatable bonds is 6. The molecule has 0 fully saturated rings. The van der Waals surface area contributed by atoms with Gasteiger partial charge in [0.1, 0.15) is 0 Å². The molecule has 3 nitrogen and oxygen atoms in total. The van der Waals surface area contributed by atoms with Crippen molar-refractivity contribution in [2.75, 3.05) is 0 Å². The predicted molar refractivity (Wildman–Crippen MR) is 73.7 cm³/mol. The molecular weight excluding hydrogens is 296 g/mol. The van der Waals surface area contributed by atoms with Gasteiger partial charge in [0.15, 0.2) is 5.78 Å². The molecule has 0 aliphatic rings. The quantitative estimate of drug-likeness (QED) is 0.813. The number of carbonyl (C=O) groups is 2. The highest BCUT2D eigenvalue weighted by Gasteiger charge is 2.22. The van der Waals surface area contributed by atoms with Crippen molar-refractivity contribution in [2.24, 2.45) is 11.8 Å². The van der Waals surface area contributed by atoms with Gasteiger partial charge in [0.2, 0.25) is 0 Å². The Morgan fingerprint density at radius 2 is 1.78 bits per heavy atom. The Labute approximate surface area is 115 Å². The monoisotopic (exact) mass is 312 g/mol. The fourth-order valence-electron chi connectivity index (χ4n) is 1.82. The number of aliphatic carboxylic acids is 1. The van der Waals surface area contributed by atoms with Crippen molar-refractivity contribution in [1.82, 2.24) is 0 Å². The van der Waals surface area contributed by atoms with Gasteiger partial charge in [0.25, 0.3) is 0 Å². The fourth-order valence-corrected chi connectivity index (χ4v) is 2.08. The van der Waals surface area contributed by atoms with Crippen LogP contribution < -0.4 is 0 Å². The van der Waals surface area contributed by atoms with Crippen LogP contribution in [0.5, 0.6) is 0 Å². The predicted octanol–water partition coefficient (Wildman–Crippen LogP) is 3.77. The first kappa shape index (κ1) is 14.9. The molecule has 1 aromatic carbocycles. The van der Waals surface area contributed by atoms with Crippen molar-refractivity contribution in [3.63, 3.8) is 0 Å². The van der Waals surface area contributed by atoms with Gasteiger partial charge in [0, 0.05) is 16.5 Å². The Morgan fingerprint density at radius 3 is 2.22 bits per heavy atom. The van der Waals surface area contributed by atoms with E-state index in [4.69, 9.17) is 5.11 Å². The zero-order valence-electron chi connectivity index (χ0n) is 10.5. The second kappa shape index (κ2) is 6.69. The van der Waals surface area contributed by atoms with Crippen molar-refractivity contribution in [3.8, 4) is 0 Å². The van der Waals surface area contributed by atoms with Crippen LogP contribution in [0.2, 0.25) is 0 Å². The number of benzene rings is 1. The zero-order chi connectivity index (χ0) is 13.7. The van der Waals surface area contributed by atoms with Gasteiger partial charge < -0.3 is 5.11 Å². The summed E-state index contributed by atoms with van der Waals surface area (Å²) >= 11 is 3.30. The van der Waals surface area contributed by atoms with Gasteiger partial charge in [-0.2, -0.15) is 0 Å². The summed E-state index contributed by atoms with van der Waals surface area (Å²) in [6.07, 6.45) is 0.590. The second-order valence-electron chi connectivity index (χ2n) is 4.80. The van der Waals surface area contributed by atoms with E-state index >= 15 is 0 Å². The van der Waals surface area contributed by atoms with Crippen molar-refractivity contribution >= 4 is 27.7 Å². The van der Waals surface area contributed by atoms with E-state index in [1.54, 1.807) is 24.3 Å². The van der Waals surface area contributed by atoms with Crippen LogP contribution in [-0.4, -0.2) is 16.9 Å². The number of hydrogen-bond donors (Lipinski definition) is 1. The first-order valence-electron chi connectivity index (χ1n) is 5.91. The van der Waals surface area contributed by atoms with Crippen LogP contribution in [0.1, 0.15) is 37.0 Å². The Hall–Kier alpha value is -1.16. The van der Waals surface area contributed by atoms with Crippen molar-refractivity contribution in [3.05, 3.63) is 34.3 Å². The minimum absolute atomic E-state index is 0.0646. The molecule has 1 aromatic rings. The topological polar surface area (TPSA) is 54.4 Å². The van der Waals surface area contributed by atoms with E-state index in [-0.39, 0.29) is 18.1 Å². The molecule has 0 heterocycles. The third-order valence-corrected chi connectivity index (χ3v) is 3.23. The summed E-state index contributed by atoms with van der Waals surface area (Å²) in [4.78, 5) is 23.1. The zero-order valence-corrected chi connectivity index (χ0v) is 12.1. The molecule has 1 atom stereocenters. The van der Waals surface area contributed by atoms with E-state index in [2.05, 4.69) is 15.9 Å². The highest BCUT2D eigenvalue weighted by molar-refractivity contribution is 9.10. The Morgan fingerprint density at radius 1 is 1.22 bits per heavy atom. The summed E-state index contributed by atoms with van der Waals surface area (Å²) in [5.74, 6) is -1.34. The Bertz CT molecular complexity index is 423. The van der Waals surface area contributed by atoms with Crippen LogP contribution in [0.4, 0.5) is 0 Å². The lowest BCUT2D eigenvalue weighted by Crippen LogP contribution is -2.20. The summed E-state index contributed by atoms with van der Waals surface area (Å²) in [7, 11) is 0. The van der Waals surface area contributed by atoms with E-state index in [1.165, 1.54) is 0 Å². The molecule has 0 aliphatic carbocycles. The maximum absolute atomic E-state index is 12.0. The molecule has 4 heteroatoms. The molecule has 1 N–H and O–H groups in total. The molecule has 98 valence electrons. The summed E-state index contributed by atoms with van der Waals surface area (Å²) in [6, 6.07) is 6.98. The Balaban J connectivity index is 2.72. The minimum atomic E-state index is -0.894. The maximum Gasteiger partial charge on any atom is 0.306 e. The molecule has 0 saturated carbocycles. The molecule has 0 aromatic heterocycles. The highest BCUT2D eigenvalue weighted by atomic mass is 79.9. The largest absolute Gasteiger partial charge is 0.481 e. The van der Waals surface area contributed by atoms with E-state index < -0.39 is 11.9 Å². The molecule has 0 radical (unpaired) electrons. The third-order valence-electron chi connectivity index (χ3n) is 2.70. The number of hydrogen-bond acceptors (Lipinski definition) is 2. The van der Waals surface area contributed by atoms with Crippen LogP contribution in [0.25, 0.3) is 0 Å². The summed E-state index contributed by atoms with van der Waals surface area (Å²) in [6.45, 7) is 3.92. The van der Waals surface area contributed by atoms with Crippen LogP contribution in [0.3, 0.4) is 0 Å². The smallest absolute Gasteiger partial charge is 0.306 e. The van der Waals surface area contributed by atoms with E-state index in [0.29, 0.717) is 12.0 Å². The van der Waals surface area contributed by atoms with E-state index in [9.17, 15) is 9.59 Å². The van der Waals surface area contributed by atoms with Gasteiger partial charge in [-0.05, 0) is 24.5 Å². The van der Waals surface area contributed by atoms with Crippen LogP contribution >= 0.6 is 15.9 Å². The van der Waals surface area contributed by atoms with E-state index in [1.807, 2.05) is 13.8 Å². The summed E-state index contributed by atoms with van der Waals surface area (Å²) < 4.78 is 0.899. The van der Waals surface area contributed by atoms with Crippen molar-refractivity contribution in [1.29, 1.82) is 0 Å². The lowest BCUT2D eigenvalue weighted by molar-refractivity contribution is -0.142. The van der Waals surface area contributed by atoms with E-state index in [0.717, 1.165) is 4.47 Å². The number of carbonyl (C=O) groups excluding carboxylic acids is 1. The molecule has 0 spiro atoms. The molecule has 0 bridgehead atoms. The number of carboxylic acids is 1. The number of halogens is 1. The average Bonchev–Trinajstić information content (AvgIpc) is 2.28. The summed E-state index contributed by atoms with van der Waals surface area (Å²) in [5, 5.41) is 9.10. The van der Waals surface area contributed by atoms with Crippen LogP contribution in [-0.2, 0) is 4.79 Å². The molecule has 18 heavy (non-hydrogen) atoms. The first-order valence-corrected chi connectivity index (χ1v) is 6.71. The van der Waals surface area contributed by atoms with Gasteiger partial charge in [0.05, 0.1) is 5.92 Å². The number of Topliss-reactive ketones (excluding diaryl/α,β-unsaturated/α-hetero) is 1. The second-order valence-corrected chi connectivity index (χ2v) is 5.71. The molecule has 1 unspecified atom stereocenters. The number of ketones is 1. The van der Waals surface area contributed by atoms with Crippen LogP contribution in [0.15, 0.2) is 28.7 Å². The van der Waals surface area contributed by atoms with Gasteiger partial charge >= 0.3 is 5.97 Å². The fraction of sp³-hybridized carbons (Fsp3) is 0.429. The molecule has 0 aliphatic heterocycles. The average molecular weight is 313 g/mol. The Kier molecular flexibility index (Phi) is 5.54. The molecular formula is C14H17BrO3. The maximum atomic E-state index is 12.0. The molecule has 1 rings (SSSR count). The number of carboxylic acid groups (broad SMARTS) is 1. The van der Waals surface area contributed by atoms with Gasteiger partial charge in [-0.15, -0.1) is 0 Å². The van der Waals surface area contributed by atoms with Gasteiger partial charge in [-0.1, -0.05) is 41.9 Å². The van der Waals surface area contributed by atoms with Crippen molar-refractivity contribution < 1.29 is 14.7 Å². The first-order chi connectivity index (χ1) is 8.40. The lowest BCUT2D eigenvalue weighted by Gasteiger charge is -2.13. The highest BCUT2D eigenvalue weighted by Crippen LogP contribution is 2.19. The minimum Gasteiger partial charge on any atom is -0.481 e. The summed E-state index contributed by atoms with van der Waals surface area (Å²) in [5.41, 5.74) is 0.563.